The Bertz CT molecular complexity index is 715. The summed E-state index contributed by atoms with van der Waals surface area (Å²) in [5, 5.41) is 14.6. The Hall–Kier alpha value is -2.28. The molecule has 7 heteroatoms. The third-order valence-electron chi connectivity index (χ3n) is 5.52. The molecule has 2 aromatic rings. The molecular formula is C20H30N6O. The highest BCUT2D eigenvalue weighted by molar-refractivity contribution is 5.79. The van der Waals surface area contributed by atoms with Crippen molar-refractivity contribution in [1.29, 1.82) is 0 Å². The van der Waals surface area contributed by atoms with Gasteiger partial charge in [0.25, 0.3) is 0 Å². The van der Waals surface area contributed by atoms with E-state index < -0.39 is 0 Å². The minimum Gasteiger partial charge on any atom is -0.370 e. The van der Waals surface area contributed by atoms with Crippen LogP contribution in [0.15, 0.2) is 24.3 Å². The molecule has 27 heavy (non-hydrogen) atoms. The summed E-state index contributed by atoms with van der Waals surface area (Å²) in [6.45, 7) is 5.73. The molecule has 0 aliphatic carbocycles. The van der Waals surface area contributed by atoms with Gasteiger partial charge in [0.1, 0.15) is 5.78 Å². The van der Waals surface area contributed by atoms with Gasteiger partial charge in [-0.05, 0) is 50.3 Å². The number of tetrazole rings is 1. The fourth-order valence-corrected chi connectivity index (χ4v) is 4.08. The fraction of sp³-hybridized carbons (Fsp3) is 0.600. The molecule has 0 radical (unpaired) electrons. The third-order valence-corrected chi connectivity index (χ3v) is 5.52. The van der Waals surface area contributed by atoms with Crippen molar-refractivity contribution in [3.8, 4) is 0 Å². The highest BCUT2D eigenvalue weighted by Crippen LogP contribution is 2.31. The van der Waals surface area contributed by atoms with Crippen molar-refractivity contribution in [1.82, 2.24) is 20.6 Å². The number of carbonyl (C=O) groups excluding carboxylic acids is 1. The Kier molecular flexibility index (Phi) is 6.55. The van der Waals surface area contributed by atoms with E-state index in [2.05, 4.69) is 56.7 Å². The quantitative estimate of drug-likeness (QED) is 0.740. The van der Waals surface area contributed by atoms with Crippen molar-refractivity contribution < 1.29 is 4.79 Å². The normalized spacial score (nSPS) is 19.7. The van der Waals surface area contributed by atoms with E-state index in [1.54, 1.807) is 6.92 Å². The number of hydrogen-bond acceptors (Lipinski definition) is 6. The maximum absolute atomic E-state index is 12.2. The maximum atomic E-state index is 12.2. The van der Waals surface area contributed by atoms with E-state index >= 15 is 0 Å². The summed E-state index contributed by atoms with van der Waals surface area (Å²) in [5.41, 5.74) is 8.49. The van der Waals surface area contributed by atoms with Crippen LogP contribution in [0.3, 0.4) is 0 Å². The zero-order chi connectivity index (χ0) is 19.2. The van der Waals surface area contributed by atoms with Crippen molar-refractivity contribution in [2.75, 3.05) is 18.0 Å². The number of Topliss-reactive ketones (excluding diaryl/α,β-unsaturated/α-hetero) is 1. The summed E-state index contributed by atoms with van der Waals surface area (Å²) in [7, 11) is 0. The van der Waals surface area contributed by atoms with Crippen molar-refractivity contribution in [3.05, 3.63) is 35.7 Å². The van der Waals surface area contributed by atoms with Gasteiger partial charge in [-0.2, -0.15) is 5.21 Å². The van der Waals surface area contributed by atoms with Crippen molar-refractivity contribution in [3.63, 3.8) is 0 Å². The van der Waals surface area contributed by atoms with Gasteiger partial charge in [0, 0.05) is 36.7 Å². The van der Waals surface area contributed by atoms with Crippen molar-refractivity contribution in [2.45, 2.75) is 57.9 Å². The SMILES string of the molecule is CCC[C@H](C(C)=O)[C@H](Cc1ccc(N2CCC[C@H](N)C2)cc1)c1nn[nH]n1. The van der Waals surface area contributed by atoms with Gasteiger partial charge in [-0.15, -0.1) is 10.2 Å². The summed E-state index contributed by atoms with van der Waals surface area (Å²) >= 11 is 0. The van der Waals surface area contributed by atoms with Crippen LogP contribution in [0.5, 0.6) is 0 Å². The van der Waals surface area contributed by atoms with Crippen molar-refractivity contribution >= 4 is 11.5 Å². The van der Waals surface area contributed by atoms with E-state index in [9.17, 15) is 4.79 Å². The molecule has 1 fully saturated rings. The lowest BCUT2D eigenvalue weighted by Gasteiger charge is -2.32. The Balaban J connectivity index is 1.76. The van der Waals surface area contributed by atoms with E-state index in [-0.39, 0.29) is 23.7 Å². The third kappa shape index (κ3) is 4.91. The lowest BCUT2D eigenvalue weighted by Crippen LogP contribution is -2.42. The number of nitrogens with two attached hydrogens (primary N) is 1. The molecule has 0 spiro atoms. The van der Waals surface area contributed by atoms with Gasteiger partial charge in [-0.25, -0.2) is 0 Å². The number of ketones is 1. The number of hydrogen-bond donors (Lipinski definition) is 2. The maximum Gasteiger partial charge on any atom is 0.178 e. The van der Waals surface area contributed by atoms with Crippen LogP contribution in [-0.2, 0) is 11.2 Å². The minimum atomic E-state index is -0.0904. The van der Waals surface area contributed by atoms with Gasteiger partial charge in [0.15, 0.2) is 5.82 Å². The number of nitrogens with zero attached hydrogens (tertiary/aromatic N) is 4. The van der Waals surface area contributed by atoms with Crippen molar-refractivity contribution in [2.24, 2.45) is 11.7 Å². The topological polar surface area (TPSA) is 101 Å². The van der Waals surface area contributed by atoms with E-state index in [1.807, 2.05) is 0 Å². The molecule has 3 rings (SSSR count). The number of aromatic nitrogens is 4. The molecular weight excluding hydrogens is 340 g/mol. The van der Waals surface area contributed by atoms with Crippen LogP contribution < -0.4 is 10.6 Å². The highest BCUT2D eigenvalue weighted by Gasteiger charge is 2.30. The Morgan fingerprint density at radius 1 is 1.37 bits per heavy atom. The van der Waals surface area contributed by atoms with Gasteiger partial charge in [0.05, 0.1) is 0 Å². The number of carbonyl (C=O) groups is 1. The van der Waals surface area contributed by atoms with Gasteiger partial charge < -0.3 is 10.6 Å². The standard InChI is InChI=1S/C20H30N6O/c1-3-5-18(14(2)27)19(20-22-24-25-23-20)12-15-7-9-17(10-8-15)26-11-4-6-16(21)13-26/h7-10,16,18-19H,3-6,11-13,21H2,1-2H3,(H,22,23,24,25)/t16-,18+,19-/m0/s1. The number of H-pyrrole nitrogens is 1. The summed E-state index contributed by atoms with van der Waals surface area (Å²) in [4.78, 5) is 14.6. The zero-order valence-corrected chi connectivity index (χ0v) is 16.3. The number of aromatic amines is 1. The summed E-state index contributed by atoms with van der Waals surface area (Å²) in [6.07, 6.45) is 4.75. The fourth-order valence-electron chi connectivity index (χ4n) is 4.08. The molecule has 1 aliphatic rings. The minimum absolute atomic E-state index is 0.0598. The monoisotopic (exact) mass is 370 g/mol. The molecule has 1 saturated heterocycles. The smallest absolute Gasteiger partial charge is 0.178 e. The van der Waals surface area contributed by atoms with E-state index in [0.717, 1.165) is 45.2 Å². The second-order valence-electron chi connectivity index (χ2n) is 7.60. The average Bonchev–Trinajstić information content (AvgIpc) is 3.19. The molecule has 2 heterocycles. The van der Waals surface area contributed by atoms with Crippen LogP contribution in [0.1, 0.15) is 56.8 Å². The molecule has 0 bridgehead atoms. The highest BCUT2D eigenvalue weighted by atomic mass is 16.1. The molecule has 7 nitrogen and oxygen atoms in total. The predicted octanol–water partition coefficient (Wildman–Crippen LogP) is 2.46. The Morgan fingerprint density at radius 2 is 2.15 bits per heavy atom. The predicted molar refractivity (Wildman–Crippen MR) is 106 cm³/mol. The first-order valence-corrected chi connectivity index (χ1v) is 9.91. The summed E-state index contributed by atoms with van der Waals surface area (Å²) in [5.74, 6) is 0.656. The first-order valence-electron chi connectivity index (χ1n) is 9.91. The first-order chi connectivity index (χ1) is 13.1. The number of rotatable bonds is 8. The second kappa shape index (κ2) is 9.08. The van der Waals surface area contributed by atoms with Gasteiger partial charge in [0.2, 0.25) is 0 Å². The number of benzene rings is 1. The van der Waals surface area contributed by atoms with Crippen LogP contribution in [0, 0.1) is 5.92 Å². The first kappa shape index (κ1) is 19.5. The molecule has 3 N–H and O–H groups in total. The molecule has 146 valence electrons. The van der Waals surface area contributed by atoms with Gasteiger partial charge >= 0.3 is 0 Å². The summed E-state index contributed by atoms with van der Waals surface area (Å²) < 4.78 is 0. The Morgan fingerprint density at radius 3 is 2.74 bits per heavy atom. The van der Waals surface area contributed by atoms with Crippen LogP contribution in [0.4, 0.5) is 5.69 Å². The van der Waals surface area contributed by atoms with Crippen LogP contribution in [0.2, 0.25) is 0 Å². The average molecular weight is 371 g/mol. The molecule has 0 amide bonds. The van der Waals surface area contributed by atoms with Crippen LogP contribution >= 0.6 is 0 Å². The number of nitrogens with one attached hydrogen (secondary N) is 1. The van der Waals surface area contributed by atoms with E-state index in [1.165, 1.54) is 11.3 Å². The molecule has 3 atom stereocenters. The van der Waals surface area contributed by atoms with E-state index in [4.69, 9.17) is 5.73 Å². The lowest BCUT2D eigenvalue weighted by atomic mass is 9.81. The zero-order valence-electron chi connectivity index (χ0n) is 16.3. The molecule has 1 aromatic heterocycles. The second-order valence-corrected chi connectivity index (χ2v) is 7.60. The lowest BCUT2D eigenvalue weighted by molar-refractivity contribution is -0.121. The molecule has 0 unspecified atom stereocenters. The largest absolute Gasteiger partial charge is 0.370 e. The van der Waals surface area contributed by atoms with Gasteiger partial charge in [-0.3, -0.25) is 4.79 Å². The summed E-state index contributed by atoms with van der Waals surface area (Å²) in [6, 6.07) is 8.86. The van der Waals surface area contributed by atoms with E-state index in [0.29, 0.717) is 5.82 Å². The molecule has 1 aliphatic heterocycles. The molecule has 1 aromatic carbocycles. The van der Waals surface area contributed by atoms with Crippen LogP contribution in [-0.4, -0.2) is 45.5 Å². The molecule has 0 saturated carbocycles. The number of anilines is 1. The van der Waals surface area contributed by atoms with Gasteiger partial charge in [-0.1, -0.05) is 30.7 Å². The number of piperidine rings is 1. The Labute approximate surface area is 160 Å². The van der Waals surface area contributed by atoms with Crippen LogP contribution in [0.25, 0.3) is 0 Å².